The fourth-order valence-electron chi connectivity index (χ4n) is 4.27. The number of nitrogens with zero attached hydrogens (tertiary/aromatic N) is 1. The van der Waals surface area contributed by atoms with Crippen LogP contribution < -0.4 is 14.8 Å². The van der Waals surface area contributed by atoms with Gasteiger partial charge in [-0.1, -0.05) is 48.5 Å². The van der Waals surface area contributed by atoms with Gasteiger partial charge in [-0.05, 0) is 41.8 Å². The molecule has 6 heteroatoms. The first-order chi connectivity index (χ1) is 15.6. The maximum atomic E-state index is 12.4. The summed E-state index contributed by atoms with van der Waals surface area (Å²) in [5, 5.41) is 14.5. The molecule has 4 aromatic rings. The van der Waals surface area contributed by atoms with Gasteiger partial charge in [0.1, 0.15) is 5.69 Å². The lowest BCUT2D eigenvalue weighted by Crippen LogP contribution is -2.17. The van der Waals surface area contributed by atoms with Crippen molar-refractivity contribution < 1.29 is 19.4 Å². The van der Waals surface area contributed by atoms with Crippen molar-refractivity contribution in [3.63, 3.8) is 0 Å². The molecule has 0 radical (unpaired) electrons. The number of aromatic nitrogens is 1. The highest BCUT2D eigenvalue weighted by molar-refractivity contribution is 5.98. The van der Waals surface area contributed by atoms with E-state index in [0.717, 1.165) is 44.7 Å². The van der Waals surface area contributed by atoms with E-state index in [1.807, 2.05) is 72.2 Å². The molecular formula is C26H24N2O4. The number of rotatable bonds is 7. The number of aromatic carboxylic acids is 1. The van der Waals surface area contributed by atoms with Crippen molar-refractivity contribution in [1.82, 2.24) is 9.88 Å². The molecule has 1 aliphatic rings. The fourth-order valence-corrected chi connectivity index (χ4v) is 4.27. The van der Waals surface area contributed by atoms with E-state index in [1.165, 1.54) is 0 Å². The lowest BCUT2D eigenvalue weighted by Gasteiger charge is -2.10. The van der Waals surface area contributed by atoms with Gasteiger partial charge in [0, 0.05) is 36.1 Å². The Bertz CT molecular complexity index is 1290. The third kappa shape index (κ3) is 3.81. The van der Waals surface area contributed by atoms with Crippen LogP contribution in [-0.4, -0.2) is 22.4 Å². The van der Waals surface area contributed by atoms with Crippen molar-refractivity contribution in [2.75, 3.05) is 6.79 Å². The summed E-state index contributed by atoms with van der Waals surface area (Å²) >= 11 is 0. The zero-order chi connectivity index (χ0) is 22.1. The molecule has 0 fully saturated rings. The average molecular weight is 428 g/mol. The summed E-state index contributed by atoms with van der Waals surface area (Å²) in [5.41, 5.74) is 5.27. The van der Waals surface area contributed by atoms with Crippen LogP contribution in [0.25, 0.3) is 10.9 Å². The van der Waals surface area contributed by atoms with Crippen LogP contribution in [0.3, 0.4) is 0 Å². The number of ether oxygens (including phenoxy) is 2. The monoisotopic (exact) mass is 428 g/mol. The Morgan fingerprint density at radius 3 is 2.59 bits per heavy atom. The number of benzene rings is 3. The number of carboxylic acid groups (broad SMARTS) is 1. The Hall–Kier alpha value is -3.77. The van der Waals surface area contributed by atoms with Crippen LogP contribution in [0.4, 0.5) is 0 Å². The molecular weight excluding hydrogens is 404 g/mol. The number of hydrogen-bond acceptors (Lipinski definition) is 4. The van der Waals surface area contributed by atoms with Crippen molar-refractivity contribution in [3.8, 4) is 11.5 Å². The summed E-state index contributed by atoms with van der Waals surface area (Å²) in [5.74, 6) is 0.571. The largest absolute Gasteiger partial charge is 0.477 e. The molecule has 2 heterocycles. The summed E-state index contributed by atoms with van der Waals surface area (Å²) in [6, 6.07) is 21.9. The van der Waals surface area contributed by atoms with Crippen molar-refractivity contribution in [2.45, 2.75) is 26.6 Å². The van der Waals surface area contributed by atoms with Gasteiger partial charge >= 0.3 is 5.97 Å². The quantitative estimate of drug-likeness (QED) is 0.446. The van der Waals surface area contributed by atoms with Crippen molar-refractivity contribution in [3.05, 3.63) is 94.7 Å². The minimum Gasteiger partial charge on any atom is -0.477 e. The molecule has 0 atom stereocenters. The molecule has 1 aliphatic heterocycles. The predicted octanol–water partition coefficient (Wildman–Crippen LogP) is 4.71. The number of aryl methyl sites for hydroxylation is 1. The second-order valence-corrected chi connectivity index (χ2v) is 8.02. The Morgan fingerprint density at radius 2 is 1.78 bits per heavy atom. The highest BCUT2D eigenvalue weighted by atomic mass is 16.7. The molecule has 0 unspecified atom stereocenters. The molecule has 1 aromatic heterocycles. The van der Waals surface area contributed by atoms with Crippen LogP contribution >= 0.6 is 0 Å². The van der Waals surface area contributed by atoms with Gasteiger partial charge in [-0.3, -0.25) is 0 Å². The number of hydrogen-bond donors (Lipinski definition) is 2. The van der Waals surface area contributed by atoms with Crippen LogP contribution in [0.15, 0.2) is 66.7 Å². The van der Waals surface area contributed by atoms with Crippen LogP contribution in [0, 0.1) is 6.92 Å². The van der Waals surface area contributed by atoms with E-state index >= 15 is 0 Å². The van der Waals surface area contributed by atoms with Gasteiger partial charge in [0.25, 0.3) is 0 Å². The Kier molecular flexibility index (Phi) is 5.29. The highest BCUT2D eigenvalue weighted by Crippen LogP contribution is 2.33. The van der Waals surface area contributed by atoms with E-state index in [2.05, 4.69) is 11.4 Å². The van der Waals surface area contributed by atoms with Crippen molar-refractivity contribution in [2.24, 2.45) is 0 Å². The van der Waals surface area contributed by atoms with Crippen LogP contribution in [-0.2, 0) is 19.6 Å². The Labute approximate surface area is 186 Å². The van der Waals surface area contributed by atoms with Crippen LogP contribution in [0.2, 0.25) is 0 Å². The van der Waals surface area contributed by atoms with Gasteiger partial charge in [-0.25, -0.2) is 4.79 Å². The zero-order valence-corrected chi connectivity index (χ0v) is 17.8. The first-order valence-electron chi connectivity index (χ1n) is 10.6. The van der Waals surface area contributed by atoms with E-state index < -0.39 is 5.97 Å². The van der Waals surface area contributed by atoms with Crippen molar-refractivity contribution >= 4 is 16.9 Å². The molecule has 0 bridgehead atoms. The average Bonchev–Trinajstić information content (AvgIpc) is 3.37. The van der Waals surface area contributed by atoms with E-state index in [1.54, 1.807) is 0 Å². The number of carbonyl (C=O) groups is 1. The number of nitrogens with one attached hydrogen (secondary N) is 1. The second-order valence-electron chi connectivity index (χ2n) is 8.02. The van der Waals surface area contributed by atoms with E-state index in [4.69, 9.17) is 9.47 Å². The van der Waals surface area contributed by atoms with Crippen LogP contribution in [0.1, 0.15) is 32.7 Å². The summed E-state index contributed by atoms with van der Waals surface area (Å²) in [6.07, 6.45) is 0. The highest BCUT2D eigenvalue weighted by Gasteiger charge is 2.22. The molecule has 5 rings (SSSR count). The lowest BCUT2D eigenvalue weighted by molar-refractivity contribution is 0.0684. The van der Waals surface area contributed by atoms with Gasteiger partial charge < -0.3 is 24.5 Å². The molecule has 0 saturated heterocycles. The van der Waals surface area contributed by atoms with Crippen molar-refractivity contribution in [1.29, 1.82) is 0 Å². The minimum absolute atomic E-state index is 0.245. The van der Waals surface area contributed by atoms with E-state index in [9.17, 15) is 9.90 Å². The maximum Gasteiger partial charge on any atom is 0.352 e. The normalized spacial score (nSPS) is 12.4. The summed E-state index contributed by atoms with van der Waals surface area (Å²) < 4.78 is 12.7. The number of fused-ring (bicyclic) bond motifs is 2. The first kappa shape index (κ1) is 20.2. The van der Waals surface area contributed by atoms with Gasteiger partial charge in [-0.15, -0.1) is 0 Å². The SMILES string of the molecule is Cc1ccc2c(CNCc3ccc4c(c3)OCO4)c(C(=O)O)n(Cc3ccccc3)c2c1. The molecule has 0 saturated carbocycles. The topological polar surface area (TPSA) is 72.7 Å². The van der Waals surface area contributed by atoms with Gasteiger partial charge in [0.05, 0.1) is 0 Å². The van der Waals surface area contributed by atoms with Gasteiger partial charge in [0.15, 0.2) is 11.5 Å². The minimum atomic E-state index is -0.922. The Balaban J connectivity index is 1.47. The predicted molar refractivity (Wildman–Crippen MR) is 122 cm³/mol. The molecule has 6 nitrogen and oxygen atoms in total. The summed E-state index contributed by atoms with van der Waals surface area (Å²) in [6.45, 7) is 3.81. The Morgan fingerprint density at radius 1 is 0.969 bits per heavy atom. The zero-order valence-electron chi connectivity index (χ0n) is 17.8. The van der Waals surface area contributed by atoms with Gasteiger partial charge in [-0.2, -0.15) is 0 Å². The summed E-state index contributed by atoms with van der Waals surface area (Å²) in [7, 11) is 0. The maximum absolute atomic E-state index is 12.4. The standard InChI is InChI=1S/C26H24N2O4/c1-17-7-9-20-21(14-27-13-19-8-10-23-24(12-19)32-16-31-23)25(26(29)30)28(22(20)11-17)15-18-5-3-2-4-6-18/h2-12,27H,13-16H2,1H3,(H,29,30). The third-order valence-electron chi connectivity index (χ3n) is 5.78. The first-order valence-corrected chi connectivity index (χ1v) is 10.6. The molecule has 32 heavy (non-hydrogen) atoms. The molecule has 162 valence electrons. The molecule has 2 N–H and O–H groups in total. The van der Waals surface area contributed by atoms with E-state index in [-0.39, 0.29) is 6.79 Å². The number of carboxylic acids is 1. The fraction of sp³-hybridized carbons (Fsp3) is 0.192. The molecule has 3 aromatic carbocycles. The van der Waals surface area contributed by atoms with Crippen LogP contribution in [0.5, 0.6) is 11.5 Å². The second kappa shape index (κ2) is 8.40. The smallest absolute Gasteiger partial charge is 0.352 e. The summed E-state index contributed by atoms with van der Waals surface area (Å²) in [4.78, 5) is 12.4. The molecule has 0 spiro atoms. The van der Waals surface area contributed by atoms with Gasteiger partial charge in [0.2, 0.25) is 6.79 Å². The van der Waals surface area contributed by atoms with E-state index in [0.29, 0.717) is 25.3 Å². The lowest BCUT2D eigenvalue weighted by atomic mass is 10.1. The molecule has 0 aliphatic carbocycles. The molecule has 0 amide bonds. The third-order valence-corrected chi connectivity index (χ3v) is 5.78.